The van der Waals surface area contributed by atoms with E-state index in [2.05, 4.69) is 15.9 Å². The van der Waals surface area contributed by atoms with E-state index in [9.17, 15) is 4.39 Å². The fourth-order valence-corrected chi connectivity index (χ4v) is 1.55. The minimum atomic E-state index is -0.383. The Kier molecular flexibility index (Phi) is 3.81. The first-order valence-corrected chi connectivity index (χ1v) is 5.05. The van der Waals surface area contributed by atoms with E-state index in [-0.39, 0.29) is 10.8 Å². The summed E-state index contributed by atoms with van der Waals surface area (Å²) in [5.74, 6) is 0.0150. The van der Waals surface area contributed by atoms with Gasteiger partial charge in [-0.25, -0.2) is 4.39 Å². The molecule has 0 aliphatic heterocycles. The Bertz CT molecular complexity index is 289. The van der Waals surface area contributed by atoms with Crippen molar-refractivity contribution < 1.29 is 4.39 Å². The van der Waals surface area contributed by atoms with E-state index >= 15 is 0 Å². The molecule has 0 spiro atoms. The zero-order valence-corrected chi connectivity index (χ0v) is 9.18. The molecule has 0 atom stereocenters. The van der Waals surface area contributed by atoms with Crippen molar-refractivity contribution in [2.75, 3.05) is 5.88 Å². The number of alkyl halides is 1. The van der Waals surface area contributed by atoms with Crippen molar-refractivity contribution in [2.45, 2.75) is 6.42 Å². The summed E-state index contributed by atoms with van der Waals surface area (Å²) in [5, 5.41) is 0.123. The number of hydrogen-bond acceptors (Lipinski definition) is 0. The Hall–Kier alpha value is 0.210. The summed E-state index contributed by atoms with van der Waals surface area (Å²) in [6, 6.07) is 3.39. The first kappa shape index (κ1) is 10.3. The van der Waals surface area contributed by atoms with Crippen molar-refractivity contribution >= 4 is 39.1 Å². The van der Waals surface area contributed by atoms with Crippen molar-refractivity contribution in [1.82, 2.24) is 0 Å². The van der Waals surface area contributed by atoms with Gasteiger partial charge in [0.15, 0.2) is 0 Å². The van der Waals surface area contributed by atoms with Crippen LogP contribution < -0.4 is 0 Å². The average molecular weight is 272 g/mol. The lowest BCUT2D eigenvalue weighted by molar-refractivity contribution is 0.612. The molecule has 0 aliphatic rings. The number of aryl methyl sites for hydroxylation is 1. The van der Waals surface area contributed by atoms with Crippen LogP contribution in [0, 0.1) is 5.82 Å². The van der Waals surface area contributed by atoms with Crippen LogP contribution in [0.3, 0.4) is 0 Å². The summed E-state index contributed by atoms with van der Waals surface area (Å²) in [6.45, 7) is 0. The van der Waals surface area contributed by atoms with Gasteiger partial charge in [-0.3, -0.25) is 0 Å². The highest BCUT2D eigenvalue weighted by molar-refractivity contribution is 9.10. The average Bonchev–Trinajstić information content (AvgIpc) is 2.07. The summed E-state index contributed by atoms with van der Waals surface area (Å²) in [6.07, 6.45) is 0.500. The summed E-state index contributed by atoms with van der Waals surface area (Å²) in [5.41, 5.74) is 0.554. The molecule has 66 valence electrons. The molecule has 0 aromatic heterocycles. The third kappa shape index (κ3) is 2.12. The summed E-state index contributed by atoms with van der Waals surface area (Å²) in [7, 11) is 0. The van der Waals surface area contributed by atoms with Crippen LogP contribution in [0.1, 0.15) is 5.56 Å². The Morgan fingerprint density at radius 3 is 2.67 bits per heavy atom. The molecule has 0 saturated carbocycles. The number of benzene rings is 1. The van der Waals surface area contributed by atoms with Gasteiger partial charge in [0.25, 0.3) is 0 Å². The van der Waals surface area contributed by atoms with E-state index in [1.54, 1.807) is 12.1 Å². The Balaban J connectivity index is 3.08. The molecule has 1 aromatic carbocycles. The molecule has 0 bridgehead atoms. The first-order chi connectivity index (χ1) is 5.66. The van der Waals surface area contributed by atoms with Gasteiger partial charge in [0.2, 0.25) is 0 Å². The van der Waals surface area contributed by atoms with E-state index in [0.717, 1.165) is 0 Å². The van der Waals surface area contributed by atoms with Gasteiger partial charge in [-0.05, 0) is 34.0 Å². The van der Waals surface area contributed by atoms with Crippen LogP contribution in [-0.4, -0.2) is 5.88 Å². The number of rotatable bonds is 2. The maximum absolute atomic E-state index is 13.2. The molecule has 1 rings (SSSR count). The standard InChI is InChI=1S/C8H6BrCl2F/c9-6-2-1-5(3-4-10)8(12)7(6)11/h1-2H,3-4H2. The van der Waals surface area contributed by atoms with Crippen molar-refractivity contribution in [3.8, 4) is 0 Å². The van der Waals surface area contributed by atoms with Crippen LogP contribution >= 0.6 is 39.1 Å². The van der Waals surface area contributed by atoms with Gasteiger partial charge >= 0.3 is 0 Å². The maximum atomic E-state index is 13.2. The topological polar surface area (TPSA) is 0 Å². The highest BCUT2D eigenvalue weighted by Crippen LogP contribution is 2.27. The minimum absolute atomic E-state index is 0.123. The SMILES string of the molecule is Fc1c(CCCl)ccc(Br)c1Cl. The highest BCUT2D eigenvalue weighted by atomic mass is 79.9. The predicted octanol–water partition coefficient (Wildman–Crippen LogP) is 4.02. The number of halogens is 4. The van der Waals surface area contributed by atoms with Crippen LogP contribution in [-0.2, 0) is 6.42 Å². The third-order valence-corrected chi connectivity index (χ3v) is 2.93. The lowest BCUT2D eigenvalue weighted by Gasteiger charge is -2.03. The fourth-order valence-electron chi connectivity index (χ4n) is 0.861. The summed E-state index contributed by atoms with van der Waals surface area (Å²) < 4.78 is 13.8. The molecular formula is C8H6BrCl2F. The van der Waals surface area contributed by atoms with Gasteiger partial charge in [-0.2, -0.15) is 0 Å². The van der Waals surface area contributed by atoms with Crippen LogP contribution in [0.15, 0.2) is 16.6 Å². The van der Waals surface area contributed by atoms with Gasteiger partial charge in [-0.15, -0.1) is 11.6 Å². The summed E-state index contributed by atoms with van der Waals surface area (Å²) in [4.78, 5) is 0. The first-order valence-electron chi connectivity index (χ1n) is 3.35. The van der Waals surface area contributed by atoms with E-state index in [1.165, 1.54) is 0 Å². The lowest BCUT2D eigenvalue weighted by Crippen LogP contribution is -1.92. The molecule has 4 heteroatoms. The predicted molar refractivity (Wildman–Crippen MR) is 53.5 cm³/mol. The second-order valence-corrected chi connectivity index (χ2v) is 3.88. The van der Waals surface area contributed by atoms with E-state index in [0.29, 0.717) is 22.3 Å². The van der Waals surface area contributed by atoms with Crippen molar-refractivity contribution in [2.24, 2.45) is 0 Å². The van der Waals surface area contributed by atoms with Gasteiger partial charge in [0, 0.05) is 10.4 Å². The maximum Gasteiger partial charge on any atom is 0.146 e. The minimum Gasteiger partial charge on any atom is -0.205 e. The largest absolute Gasteiger partial charge is 0.205 e. The van der Waals surface area contributed by atoms with E-state index in [4.69, 9.17) is 23.2 Å². The molecule has 0 heterocycles. The van der Waals surface area contributed by atoms with Gasteiger partial charge < -0.3 is 0 Å². The second-order valence-electron chi connectivity index (χ2n) is 2.27. The molecule has 12 heavy (non-hydrogen) atoms. The Labute approximate surface area is 88.8 Å². The highest BCUT2D eigenvalue weighted by Gasteiger charge is 2.08. The van der Waals surface area contributed by atoms with Crippen molar-refractivity contribution in [3.63, 3.8) is 0 Å². The van der Waals surface area contributed by atoms with Crippen LogP contribution in [0.25, 0.3) is 0 Å². The molecule has 0 fully saturated rings. The van der Waals surface area contributed by atoms with Gasteiger partial charge in [-0.1, -0.05) is 17.7 Å². The van der Waals surface area contributed by atoms with Crippen molar-refractivity contribution in [3.05, 3.63) is 33.0 Å². The second kappa shape index (κ2) is 4.45. The summed E-state index contributed by atoms with van der Waals surface area (Å²) >= 11 is 14.3. The molecule has 0 nitrogen and oxygen atoms in total. The Morgan fingerprint density at radius 2 is 2.08 bits per heavy atom. The molecular weight excluding hydrogens is 266 g/mol. The van der Waals surface area contributed by atoms with Crippen molar-refractivity contribution in [1.29, 1.82) is 0 Å². The lowest BCUT2D eigenvalue weighted by atomic mass is 10.1. The molecule has 0 N–H and O–H groups in total. The van der Waals surface area contributed by atoms with Gasteiger partial charge in [0.05, 0.1) is 5.02 Å². The smallest absolute Gasteiger partial charge is 0.146 e. The van der Waals surface area contributed by atoms with Gasteiger partial charge in [0.1, 0.15) is 5.82 Å². The monoisotopic (exact) mass is 270 g/mol. The van der Waals surface area contributed by atoms with Crippen LogP contribution in [0.2, 0.25) is 5.02 Å². The number of hydrogen-bond donors (Lipinski definition) is 0. The fraction of sp³-hybridized carbons (Fsp3) is 0.250. The molecule has 0 amide bonds. The molecule has 0 saturated heterocycles. The molecule has 1 aromatic rings. The molecule has 0 unspecified atom stereocenters. The van der Waals surface area contributed by atoms with Crippen LogP contribution in [0.4, 0.5) is 4.39 Å². The van der Waals surface area contributed by atoms with E-state index < -0.39 is 0 Å². The zero-order chi connectivity index (χ0) is 9.14. The Morgan fingerprint density at radius 1 is 1.42 bits per heavy atom. The molecule has 0 aliphatic carbocycles. The quantitative estimate of drug-likeness (QED) is 0.563. The van der Waals surface area contributed by atoms with Crippen LogP contribution in [0.5, 0.6) is 0 Å². The normalized spacial score (nSPS) is 10.3. The van der Waals surface area contributed by atoms with E-state index in [1.807, 2.05) is 0 Å². The third-order valence-electron chi connectivity index (χ3n) is 1.48. The zero-order valence-electron chi connectivity index (χ0n) is 6.08. The molecule has 0 radical (unpaired) electrons.